The molecule has 0 bridgehead atoms. The van der Waals surface area contributed by atoms with Crippen LogP contribution in [0.15, 0.2) is 60.7 Å². The Bertz CT molecular complexity index is 560. The minimum Gasteiger partial charge on any atom is -0.399 e. The molecule has 1 N–H and O–H groups in total. The number of hydrogen-bond donors (Lipinski definition) is 1. The molecule has 0 heterocycles. The molecule has 0 radical (unpaired) electrons. The lowest BCUT2D eigenvalue weighted by atomic mass is 9.72. The summed E-state index contributed by atoms with van der Waals surface area (Å²) >= 11 is 0. The topological polar surface area (TPSA) is 20.2 Å². The van der Waals surface area contributed by atoms with Crippen molar-refractivity contribution in [1.29, 1.82) is 0 Å². The van der Waals surface area contributed by atoms with Gasteiger partial charge in [0.1, 0.15) is 7.85 Å². The molecule has 1 aliphatic carbocycles. The van der Waals surface area contributed by atoms with Gasteiger partial charge in [-0.3, -0.25) is 0 Å². The summed E-state index contributed by atoms with van der Waals surface area (Å²) in [5, 5.41) is 13.6. The fourth-order valence-corrected chi connectivity index (χ4v) is 6.97. The molecule has 0 spiro atoms. The average Bonchev–Trinajstić information content (AvgIpc) is 2.89. The minimum absolute atomic E-state index is 0.388. The Labute approximate surface area is 135 Å². The van der Waals surface area contributed by atoms with E-state index in [0.29, 0.717) is 11.6 Å². The van der Waals surface area contributed by atoms with Crippen molar-refractivity contribution in [2.45, 2.75) is 37.3 Å². The number of rotatable bonds is 4. The van der Waals surface area contributed by atoms with E-state index in [1.165, 1.54) is 10.6 Å². The molecular formula is C19H24BOP. The Morgan fingerprint density at radius 2 is 1.55 bits per heavy atom. The van der Waals surface area contributed by atoms with E-state index in [2.05, 4.69) is 67.6 Å². The van der Waals surface area contributed by atoms with Crippen molar-refractivity contribution in [2.24, 2.45) is 5.92 Å². The summed E-state index contributed by atoms with van der Waals surface area (Å²) in [6, 6.07) is 21.7. The Morgan fingerprint density at radius 3 is 1.95 bits per heavy atom. The SMILES string of the molecule is B[C@@]1(O)CCC[C@@H]1[C@H](C)P(c1ccccc1)c1ccccc1. The molecule has 2 aromatic carbocycles. The van der Waals surface area contributed by atoms with Gasteiger partial charge < -0.3 is 5.11 Å². The van der Waals surface area contributed by atoms with Crippen molar-refractivity contribution in [3.05, 3.63) is 60.7 Å². The summed E-state index contributed by atoms with van der Waals surface area (Å²) in [5.41, 5.74) is -0.0267. The van der Waals surface area contributed by atoms with Gasteiger partial charge in [-0.05, 0) is 42.9 Å². The molecule has 0 aliphatic heterocycles. The quantitative estimate of drug-likeness (QED) is 0.680. The van der Waals surface area contributed by atoms with Crippen molar-refractivity contribution in [1.82, 2.24) is 0 Å². The number of hydrogen-bond acceptors (Lipinski definition) is 1. The predicted molar refractivity (Wildman–Crippen MR) is 99.4 cm³/mol. The van der Waals surface area contributed by atoms with Crippen molar-refractivity contribution in [3.63, 3.8) is 0 Å². The highest BCUT2D eigenvalue weighted by molar-refractivity contribution is 7.73. The third kappa shape index (κ3) is 3.14. The van der Waals surface area contributed by atoms with E-state index >= 15 is 0 Å². The second-order valence-corrected chi connectivity index (χ2v) is 9.22. The van der Waals surface area contributed by atoms with Crippen LogP contribution in [0, 0.1) is 5.92 Å². The highest BCUT2D eigenvalue weighted by Crippen LogP contribution is 2.49. The third-order valence-corrected chi connectivity index (χ3v) is 7.94. The van der Waals surface area contributed by atoms with Crippen LogP contribution in [0.25, 0.3) is 0 Å². The number of aliphatic hydroxyl groups is 1. The monoisotopic (exact) mass is 310 g/mol. The summed E-state index contributed by atoms with van der Waals surface area (Å²) in [4.78, 5) is 0. The van der Waals surface area contributed by atoms with E-state index in [9.17, 15) is 5.11 Å². The van der Waals surface area contributed by atoms with Gasteiger partial charge in [0.2, 0.25) is 0 Å². The lowest BCUT2D eigenvalue weighted by Gasteiger charge is -2.36. The summed E-state index contributed by atoms with van der Waals surface area (Å²) in [6.07, 6.45) is 3.23. The zero-order chi connectivity index (χ0) is 15.6. The van der Waals surface area contributed by atoms with Gasteiger partial charge in [0, 0.05) is 5.50 Å². The molecule has 0 unspecified atom stereocenters. The minimum atomic E-state index is -0.510. The van der Waals surface area contributed by atoms with Crippen LogP contribution >= 0.6 is 7.92 Å². The molecule has 3 atom stereocenters. The van der Waals surface area contributed by atoms with Crippen LogP contribution in [0.1, 0.15) is 26.2 Å². The Morgan fingerprint density at radius 1 is 1.05 bits per heavy atom. The van der Waals surface area contributed by atoms with Gasteiger partial charge in [0.05, 0.1) is 0 Å². The van der Waals surface area contributed by atoms with Crippen molar-refractivity contribution in [2.75, 3.05) is 0 Å². The predicted octanol–water partition coefficient (Wildman–Crippen LogP) is 2.63. The first-order valence-corrected chi connectivity index (χ1v) is 9.62. The van der Waals surface area contributed by atoms with Crippen LogP contribution in [0.4, 0.5) is 0 Å². The average molecular weight is 310 g/mol. The Balaban J connectivity index is 1.99. The van der Waals surface area contributed by atoms with Crippen molar-refractivity contribution < 1.29 is 5.11 Å². The van der Waals surface area contributed by atoms with E-state index in [1.807, 2.05) is 7.85 Å². The zero-order valence-corrected chi connectivity index (χ0v) is 14.3. The summed E-state index contributed by atoms with van der Waals surface area (Å²) in [5.74, 6) is 0.388. The maximum atomic E-state index is 10.8. The standard InChI is InChI=1S/C19H24BOP/c1-15(18-13-8-14-19(18,20)21)22(16-9-4-2-5-10-16)17-11-6-3-7-12-17/h2-7,9-12,15,18,21H,8,13-14,20H2,1H3/t15-,18+,19+/m0/s1. The first kappa shape index (κ1) is 15.8. The first-order valence-electron chi connectivity index (χ1n) is 8.21. The summed E-state index contributed by atoms with van der Waals surface area (Å²) < 4.78 is 0. The molecule has 0 aromatic heterocycles. The van der Waals surface area contributed by atoms with E-state index in [-0.39, 0.29) is 0 Å². The van der Waals surface area contributed by atoms with E-state index < -0.39 is 13.4 Å². The fraction of sp³-hybridized carbons (Fsp3) is 0.368. The van der Waals surface area contributed by atoms with E-state index in [0.717, 1.165) is 19.3 Å². The fourth-order valence-electron chi connectivity index (χ4n) is 3.91. The van der Waals surface area contributed by atoms with Gasteiger partial charge in [0.15, 0.2) is 0 Å². The Kier molecular flexibility index (Phi) is 4.71. The zero-order valence-electron chi connectivity index (χ0n) is 13.4. The van der Waals surface area contributed by atoms with Crippen LogP contribution in [0.3, 0.4) is 0 Å². The van der Waals surface area contributed by atoms with Crippen LogP contribution in [0.5, 0.6) is 0 Å². The summed E-state index contributed by atoms with van der Waals surface area (Å²) in [7, 11) is 1.59. The molecular weight excluding hydrogens is 286 g/mol. The van der Waals surface area contributed by atoms with Crippen LogP contribution < -0.4 is 10.6 Å². The third-order valence-electron chi connectivity index (χ3n) is 5.06. The molecule has 3 rings (SSSR count). The molecule has 22 heavy (non-hydrogen) atoms. The smallest absolute Gasteiger partial charge is 0.143 e. The second-order valence-electron chi connectivity index (χ2n) is 6.64. The molecule has 114 valence electrons. The molecule has 1 fully saturated rings. The molecule has 0 amide bonds. The van der Waals surface area contributed by atoms with Crippen LogP contribution in [-0.4, -0.2) is 24.1 Å². The van der Waals surface area contributed by atoms with Crippen LogP contribution in [-0.2, 0) is 0 Å². The maximum Gasteiger partial charge on any atom is 0.143 e. The van der Waals surface area contributed by atoms with Gasteiger partial charge in [-0.1, -0.05) is 74.0 Å². The van der Waals surface area contributed by atoms with Crippen molar-refractivity contribution >= 4 is 26.4 Å². The molecule has 0 saturated heterocycles. The van der Waals surface area contributed by atoms with Gasteiger partial charge in [0.25, 0.3) is 0 Å². The van der Waals surface area contributed by atoms with E-state index in [1.54, 1.807) is 0 Å². The van der Waals surface area contributed by atoms with Crippen molar-refractivity contribution in [3.8, 4) is 0 Å². The molecule has 3 heteroatoms. The maximum absolute atomic E-state index is 10.8. The Hall–Kier alpha value is -1.11. The molecule has 1 aliphatic rings. The second kappa shape index (κ2) is 6.56. The van der Waals surface area contributed by atoms with Gasteiger partial charge in [-0.25, -0.2) is 0 Å². The first-order chi connectivity index (χ1) is 10.6. The summed E-state index contributed by atoms with van der Waals surface area (Å²) in [6.45, 7) is 2.34. The lowest BCUT2D eigenvalue weighted by Crippen LogP contribution is -2.40. The van der Waals surface area contributed by atoms with Gasteiger partial charge in [-0.15, -0.1) is 0 Å². The normalized spacial score (nSPS) is 26.2. The number of benzene rings is 2. The largest absolute Gasteiger partial charge is 0.399 e. The lowest BCUT2D eigenvalue weighted by molar-refractivity contribution is 0.0867. The van der Waals surface area contributed by atoms with Gasteiger partial charge in [-0.2, -0.15) is 0 Å². The highest BCUT2D eigenvalue weighted by Gasteiger charge is 2.42. The molecule has 1 saturated carbocycles. The van der Waals surface area contributed by atoms with E-state index in [4.69, 9.17) is 0 Å². The highest BCUT2D eigenvalue weighted by atomic mass is 31.1. The molecule has 1 nitrogen and oxygen atoms in total. The molecule has 2 aromatic rings. The van der Waals surface area contributed by atoms with Crippen LogP contribution in [0.2, 0.25) is 0 Å². The van der Waals surface area contributed by atoms with Gasteiger partial charge >= 0.3 is 0 Å².